The van der Waals surface area contributed by atoms with E-state index in [1.807, 2.05) is 6.07 Å². The van der Waals surface area contributed by atoms with Gasteiger partial charge in [-0.1, -0.05) is 32.0 Å². The molecule has 7 nitrogen and oxygen atoms in total. The predicted octanol–water partition coefficient (Wildman–Crippen LogP) is 1.41. The molecule has 0 spiro atoms. The summed E-state index contributed by atoms with van der Waals surface area (Å²) in [6, 6.07) is 11.2. The normalized spacial score (nSPS) is 16.3. The van der Waals surface area contributed by atoms with Gasteiger partial charge in [0, 0.05) is 36.9 Å². The Kier molecular flexibility index (Phi) is 6.21. The molecule has 143 valence electrons. The van der Waals surface area contributed by atoms with Crippen LogP contribution in [0, 0.1) is 23.2 Å². The highest BCUT2D eigenvalue weighted by Crippen LogP contribution is 2.25. The summed E-state index contributed by atoms with van der Waals surface area (Å²) in [6.07, 6.45) is 2.24. The van der Waals surface area contributed by atoms with Crippen LogP contribution < -0.4 is 11.1 Å². The molecular formula is C20H25N4O3. The first-order valence-electron chi connectivity index (χ1n) is 8.90. The smallest absolute Gasteiger partial charge is 0.253 e. The lowest BCUT2D eigenvalue weighted by atomic mass is 9.85. The van der Waals surface area contributed by atoms with E-state index in [1.165, 1.54) is 6.42 Å². The maximum atomic E-state index is 12.5. The van der Waals surface area contributed by atoms with Gasteiger partial charge in [-0.25, -0.2) is 0 Å². The van der Waals surface area contributed by atoms with Gasteiger partial charge in [0.05, 0.1) is 12.5 Å². The van der Waals surface area contributed by atoms with E-state index in [2.05, 4.69) is 11.4 Å². The van der Waals surface area contributed by atoms with Crippen molar-refractivity contribution in [3.8, 4) is 6.07 Å². The van der Waals surface area contributed by atoms with Crippen LogP contribution in [-0.4, -0.2) is 41.2 Å². The maximum absolute atomic E-state index is 12.5. The Labute approximate surface area is 159 Å². The Bertz CT molecular complexity index is 744. The van der Waals surface area contributed by atoms with Crippen LogP contribution in [0.1, 0.15) is 43.5 Å². The predicted molar refractivity (Wildman–Crippen MR) is 100.0 cm³/mol. The topological polar surface area (TPSA) is 116 Å². The molecule has 1 aromatic rings. The van der Waals surface area contributed by atoms with E-state index >= 15 is 0 Å². The number of carbonyl (C=O) groups is 3. The highest BCUT2D eigenvalue weighted by Gasteiger charge is 2.38. The van der Waals surface area contributed by atoms with Crippen molar-refractivity contribution >= 4 is 17.7 Å². The lowest BCUT2D eigenvalue weighted by Gasteiger charge is -2.38. The van der Waals surface area contributed by atoms with E-state index in [1.54, 1.807) is 43.0 Å². The molecule has 1 radical (unpaired) electrons. The highest BCUT2D eigenvalue weighted by atomic mass is 16.2. The molecule has 3 N–H and O–H groups in total. The van der Waals surface area contributed by atoms with E-state index < -0.39 is 22.8 Å². The monoisotopic (exact) mass is 369 g/mol. The van der Waals surface area contributed by atoms with Crippen molar-refractivity contribution in [2.24, 2.45) is 11.1 Å². The first kappa shape index (κ1) is 20.4. The van der Waals surface area contributed by atoms with Gasteiger partial charge in [-0.15, -0.1) is 0 Å². The van der Waals surface area contributed by atoms with Crippen LogP contribution in [0.4, 0.5) is 0 Å². The fourth-order valence-corrected chi connectivity index (χ4v) is 2.85. The van der Waals surface area contributed by atoms with Gasteiger partial charge >= 0.3 is 0 Å². The standard InChI is InChI=1S/C20H25N4O3/c1-19(2,18(22)27)9-8-16(25)23-20(14-21)10-12-24(13-11-20)17(26)15-6-4-3-5-7-15/h3-8H,9-13H2,1-2H3,(H2,22,27)(H,23,25). The Balaban J connectivity index is 1.92. The molecule has 7 heteroatoms. The third kappa shape index (κ3) is 5.07. The number of hydrogen-bond donors (Lipinski definition) is 2. The third-order valence-corrected chi connectivity index (χ3v) is 4.97. The minimum Gasteiger partial charge on any atom is -0.369 e. The molecule has 27 heavy (non-hydrogen) atoms. The average molecular weight is 369 g/mol. The van der Waals surface area contributed by atoms with Crippen molar-refractivity contribution in [3.05, 3.63) is 42.3 Å². The van der Waals surface area contributed by atoms with Crippen LogP contribution in [-0.2, 0) is 9.59 Å². The second-order valence-electron chi connectivity index (χ2n) is 7.50. The number of nitrogens with zero attached hydrogens (tertiary/aromatic N) is 2. The average Bonchev–Trinajstić information content (AvgIpc) is 2.67. The summed E-state index contributed by atoms with van der Waals surface area (Å²) in [7, 11) is 0. The number of primary amides is 1. The molecule has 3 amide bonds. The summed E-state index contributed by atoms with van der Waals surface area (Å²) in [6.45, 7) is 4.09. The van der Waals surface area contributed by atoms with Crippen molar-refractivity contribution in [1.82, 2.24) is 10.2 Å². The molecule has 0 saturated carbocycles. The molecule has 1 fully saturated rings. The molecule has 0 aliphatic carbocycles. The van der Waals surface area contributed by atoms with Gasteiger partial charge in [0.2, 0.25) is 11.8 Å². The third-order valence-electron chi connectivity index (χ3n) is 4.97. The van der Waals surface area contributed by atoms with E-state index in [4.69, 9.17) is 5.73 Å². The van der Waals surface area contributed by atoms with Gasteiger partial charge in [-0.3, -0.25) is 14.4 Å². The number of nitriles is 1. The summed E-state index contributed by atoms with van der Waals surface area (Å²) in [5.74, 6) is -0.980. The zero-order chi connectivity index (χ0) is 20.1. The number of hydrogen-bond acceptors (Lipinski definition) is 4. The zero-order valence-electron chi connectivity index (χ0n) is 15.7. The maximum Gasteiger partial charge on any atom is 0.253 e. The van der Waals surface area contributed by atoms with Crippen molar-refractivity contribution in [3.63, 3.8) is 0 Å². The summed E-state index contributed by atoms with van der Waals surface area (Å²) in [4.78, 5) is 37.8. The summed E-state index contributed by atoms with van der Waals surface area (Å²) in [5, 5.41) is 12.3. The number of carbonyl (C=O) groups excluding carboxylic acids is 3. The largest absolute Gasteiger partial charge is 0.369 e. The number of amides is 3. The Morgan fingerprint density at radius 1 is 1.26 bits per heavy atom. The van der Waals surface area contributed by atoms with Crippen LogP contribution >= 0.6 is 0 Å². The Morgan fingerprint density at radius 2 is 1.85 bits per heavy atom. The first-order chi connectivity index (χ1) is 12.7. The molecule has 1 heterocycles. The number of nitrogens with one attached hydrogen (secondary N) is 1. The van der Waals surface area contributed by atoms with Crippen molar-refractivity contribution in [2.75, 3.05) is 13.1 Å². The molecule has 0 bridgehead atoms. The molecule has 0 aromatic heterocycles. The van der Waals surface area contributed by atoms with Crippen molar-refractivity contribution < 1.29 is 14.4 Å². The summed E-state index contributed by atoms with van der Waals surface area (Å²) in [5.41, 5.74) is 4.06. The van der Waals surface area contributed by atoms with Gasteiger partial charge < -0.3 is 16.0 Å². The molecule has 2 rings (SSSR count). The van der Waals surface area contributed by atoms with Gasteiger partial charge in [-0.2, -0.15) is 5.26 Å². The molecular weight excluding hydrogens is 344 g/mol. The number of likely N-dealkylation sites (tertiary alicyclic amines) is 1. The number of rotatable bonds is 6. The van der Waals surface area contributed by atoms with Crippen LogP contribution in [0.2, 0.25) is 0 Å². The Hall–Kier alpha value is -2.88. The van der Waals surface area contributed by atoms with Gasteiger partial charge in [0.15, 0.2) is 0 Å². The first-order valence-corrected chi connectivity index (χ1v) is 8.90. The molecule has 1 saturated heterocycles. The highest BCUT2D eigenvalue weighted by molar-refractivity contribution is 5.94. The fraction of sp³-hybridized carbons (Fsp3) is 0.450. The molecule has 0 unspecified atom stereocenters. The lowest BCUT2D eigenvalue weighted by molar-refractivity contribution is -0.126. The van der Waals surface area contributed by atoms with Gasteiger partial charge in [0.25, 0.3) is 5.91 Å². The van der Waals surface area contributed by atoms with Crippen molar-refractivity contribution in [1.29, 1.82) is 5.26 Å². The molecule has 0 atom stereocenters. The van der Waals surface area contributed by atoms with Gasteiger partial charge in [-0.05, 0) is 18.6 Å². The number of benzene rings is 1. The SMILES string of the molecule is CC(C)(C[CH]C(=O)NC1(C#N)CCN(C(=O)c2ccccc2)CC1)C(N)=O. The minimum atomic E-state index is -1.02. The molecule has 1 aromatic carbocycles. The van der Waals surface area contributed by atoms with Crippen molar-refractivity contribution in [2.45, 2.75) is 38.6 Å². The minimum absolute atomic E-state index is 0.0803. The number of piperidine rings is 1. The second kappa shape index (κ2) is 8.21. The van der Waals surface area contributed by atoms with E-state index in [0.717, 1.165) is 0 Å². The summed E-state index contributed by atoms with van der Waals surface area (Å²) < 4.78 is 0. The zero-order valence-corrected chi connectivity index (χ0v) is 15.7. The van der Waals surface area contributed by atoms with Gasteiger partial charge in [0.1, 0.15) is 5.54 Å². The van der Waals surface area contributed by atoms with E-state index in [9.17, 15) is 19.6 Å². The lowest BCUT2D eigenvalue weighted by Crippen LogP contribution is -2.55. The fourth-order valence-electron chi connectivity index (χ4n) is 2.85. The van der Waals surface area contributed by atoms with Crippen LogP contribution in [0.5, 0.6) is 0 Å². The molecule has 1 aliphatic heterocycles. The van der Waals surface area contributed by atoms with E-state index in [-0.39, 0.29) is 12.3 Å². The number of nitrogens with two attached hydrogens (primary N) is 1. The Morgan fingerprint density at radius 3 is 2.37 bits per heavy atom. The van der Waals surface area contributed by atoms with Crippen LogP contribution in [0.15, 0.2) is 30.3 Å². The quantitative estimate of drug-likeness (QED) is 0.788. The second-order valence-corrected chi connectivity index (χ2v) is 7.50. The summed E-state index contributed by atoms with van der Waals surface area (Å²) >= 11 is 0. The van der Waals surface area contributed by atoms with Crippen LogP contribution in [0.3, 0.4) is 0 Å². The molecule has 1 aliphatic rings. The van der Waals surface area contributed by atoms with Crippen LogP contribution in [0.25, 0.3) is 0 Å². The van der Waals surface area contributed by atoms with E-state index in [0.29, 0.717) is 31.5 Å².